The molecule has 4 rings (SSSR count). The minimum atomic E-state index is -6.87. The van der Waals surface area contributed by atoms with E-state index in [-0.39, 0.29) is 384 Å². The van der Waals surface area contributed by atoms with Gasteiger partial charge >= 0.3 is 384 Å². The van der Waals surface area contributed by atoms with Crippen LogP contribution in [-0.2, 0) is 227 Å². The topological polar surface area (TPSA) is 937 Å². The zero-order valence-electron chi connectivity index (χ0n) is 58.2. The van der Waals surface area contributed by atoms with Crippen LogP contribution in [0.5, 0.6) is 0 Å². The molecular weight excluding hydrogens is 1980 g/mol. The summed E-state index contributed by atoms with van der Waals surface area (Å²) in [4.78, 5) is 0. The summed E-state index contributed by atoms with van der Waals surface area (Å²) in [6, 6.07) is 0. The van der Waals surface area contributed by atoms with Crippen molar-refractivity contribution in [2.45, 2.75) is 123 Å². The van der Waals surface area contributed by atoms with Crippen molar-refractivity contribution in [2.75, 3.05) is 33.5 Å². The summed E-state index contributed by atoms with van der Waals surface area (Å²) in [5.41, 5.74) is 0. The van der Waals surface area contributed by atoms with Crippen LogP contribution in [0.25, 0.3) is 0 Å². The number of ether oxygens (including phenoxy) is 8. The molecule has 0 aliphatic carbocycles. The van der Waals surface area contributed by atoms with Crippen LogP contribution in [-0.4, -0.2) is 325 Å². The van der Waals surface area contributed by atoms with E-state index in [9.17, 15) is 169 Å². The van der Waals surface area contributed by atoms with Gasteiger partial charge in [-0.15, -0.1) is 0 Å². The Kier molecular flexibility index (Phi) is 73.8. The Bertz CT molecular complexity index is 4400. The molecular formula is C25H31Na13O60S13. The Morgan fingerprint density at radius 3 is 0.486 bits per heavy atom. The predicted octanol–water partition coefficient (Wildman–Crippen LogP) is -54.7. The van der Waals surface area contributed by atoms with Crippen molar-refractivity contribution in [1.29, 1.82) is 0 Å². The second kappa shape index (κ2) is 57.5. The largest absolute Gasteiger partial charge is 1.00 e. The van der Waals surface area contributed by atoms with E-state index in [4.69, 9.17) is 33.2 Å². The Hall–Kier alpha value is 11.0. The Morgan fingerprint density at radius 1 is 0.198 bits per heavy atom. The molecule has 0 aromatic carbocycles. The van der Waals surface area contributed by atoms with Gasteiger partial charge < -0.3 is 97.1 Å². The van der Waals surface area contributed by atoms with E-state index < -0.39 is 284 Å². The van der Waals surface area contributed by atoms with Crippen molar-refractivity contribution >= 4 is 135 Å². The fraction of sp³-hybridized carbons (Fsp3) is 1.00. The predicted molar refractivity (Wildman–Crippen MR) is 250 cm³/mol. The Morgan fingerprint density at radius 2 is 0.333 bits per heavy atom. The first-order valence-corrected chi connectivity index (χ1v) is 40.2. The smallest absolute Gasteiger partial charge is 0.726 e. The maximum Gasteiger partial charge on any atom is 1.00 e. The third kappa shape index (κ3) is 56.6. The summed E-state index contributed by atoms with van der Waals surface area (Å²) in [5, 5.41) is 0. The van der Waals surface area contributed by atoms with Crippen LogP contribution in [0.3, 0.4) is 0 Å². The second-order valence-corrected chi connectivity index (χ2v) is 30.9. The normalized spacial score (nSPS) is 29.1. The second-order valence-electron chi connectivity index (χ2n) is 17.7. The van der Waals surface area contributed by atoms with Crippen LogP contribution < -0.4 is 384 Å². The van der Waals surface area contributed by atoms with E-state index in [1.54, 1.807) is 0 Å². The number of methoxy groups -OCH3 is 1. The van der Waals surface area contributed by atoms with E-state index in [0.29, 0.717) is 7.11 Å². The van der Waals surface area contributed by atoms with Crippen LogP contribution in [0.2, 0.25) is 0 Å². The minimum absolute atomic E-state index is 0. The average Bonchev–Trinajstić information content (AvgIpc) is 0.775. The van der Waals surface area contributed by atoms with Gasteiger partial charge in [0.1, 0.15) is 73.2 Å². The van der Waals surface area contributed by atoms with Crippen LogP contribution >= 0.6 is 0 Å². The maximum atomic E-state index is 12.2. The third-order valence-corrected chi connectivity index (χ3v) is 16.9. The van der Waals surface area contributed by atoms with Crippen LogP contribution in [0.4, 0.5) is 0 Å². The van der Waals surface area contributed by atoms with E-state index >= 15 is 0 Å². The summed E-state index contributed by atoms with van der Waals surface area (Å²) < 4.78 is 558. The van der Waals surface area contributed by atoms with E-state index in [2.05, 4.69) is 59.1 Å². The monoisotopic (exact) mass is 2010 g/mol. The summed E-state index contributed by atoms with van der Waals surface area (Å²) in [6.07, 6.45) is -70.2. The quantitative estimate of drug-likeness (QED) is 0.0317. The summed E-state index contributed by atoms with van der Waals surface area (Å²) >= 11 is 0. The van der Waals surface area contributed by atoms with Gasteiger partial charge in [-0.3, -0.25) is 54.4 Å². The van der Waals surface area contributed by atoms with Crippen LogP contribution in [0.15, 0.2) is 0 Å². The molecule has 0 radical (unpaired) electrons. The van der Waals surface area contributed by atoms with Gasteiger partial charge in [-0.05, 0) is 0 Å². The molecule has 4 aliphatic heterocycles. The average molecular weight is 2010 g/mol. The van der Waals surface area contributed by atoms with Gasteiger partial charge in [-0.1, -0.05) is 0 Å². The van der Waals surface area contributed by atoms with Crippen molar-refractivity contribution in [3.05, 3.63) is 0 Å². The molecule has 4 fully saturated rings. The van der Waals surface area contributed by atoms with Crippen molar-refractivity contribution in [1.82, 2.24) is 0 Å². The van der Waals surface area contributed by atoms with Crippen molar-refractivity contribution < 1.29 is 645 Å². The molecule has 0 aromatic rings. The van der Waals surface area contributed by atoms with Crippen LogP contribution in [0.1, 0.15) is 0 Å². The molecule has 0 amide bonds. The zero-order chi connectivity index (χ0) is 75.7. The summed E-state index contributed by atoms with van der Waals surface area (Å²) in [7, 11) is -85.9. The molecule has 86 heteroatoms. The molecule has 20 atom stereocenters. The first-order chi connectivity index (χ1) is 43.6. The summed E-state index contributed by atoms with van der Waals surface area (Å²) in [6.45, 7) is -9.14. The molecule has 4 saturated heterocycles. The van der Waals surface area contributed by atoms with E-state index in [1.807, 2.05) is 0 Å². The molecule has 0 saturated carbocycles. The molecule has 60 nitrogen and oxygen atoms in total. The molecule has 0 spiro atoms. The molecule has 0 aromatic heterocycles. The fourth-order valence-electron chi connectivity index (χ4n) is 8.31. The SMILES string of the molecule is CO[C@@H]1O[C@H](CO[C@@H]2O[C@H](CO[C@@H]3O[C@H](CO[C@@H]4O[C@H](COS(=O)(=O)[O-])[C@@H](OS(=O)(=O)[O-])[C@H](OS(=O)(=O)[O-])[C@H]4OS(=O)(=O)[O-])[C@@H](OS(=O)(=O)[O-])[C@H](OS(=O)(=O)[O-])[C@H]3OS(=O)(=O)[O-])[C@@H](OS(=O)(=O)[O-])[C@H](OS(=O)(=O)[O-])[C@H]2OS(=O)(=O)[O-])[C@@H](OS(=O)(=O)[O-])[C@H](OS(=O)(=O)[O-])[C@H]1OS(=O)(=O)[O-].[Na+].[Na+].[Na+].[Na+].[Na+].[Na+].[Na+].[Na+].[Na+].[Na+].[Na+].[Na+].[Na+]. The fourth-order valence-corrected chi connectivity index (χ4v) is 14.5. The van der Waals surface area contributed by atoms with Gasteiger partial charge in [-0.25, -0.2) is 109 Å². The molecule has 0 N–H and O–H groups in total. The molecule has 4 aliphatic rings. The zero-order valence-corrected chi connectivity index (χ0v) is 94.8. The molecule has 4 heterocycles. The van der Waals surface area contributed by atoms with E-state index in [1.165, 1.54) is 0 Å². The maximum absolute atomic E-state index is 12.2. The van der Waals surface area contributed by atoms with Gasteiger partial charge in [0.2, 0.25) is 135 Å². The van der Waals surface area contributed by atoms with Crippen molar-refractivity contribution in [2.24, 2.45) is 0 Å². The Balaban J connectivity index is -0.000000981. The third-order valence-electron chi connectivity index (χ3n) is 11.0. The summed E-state index contributed by atoms with van der Waals surface area (Å²) in [5.74, 6) is 0. The standard InChI is InChI=1S/C25H44O60S13.13Na/c1-65-22-18(82-95(53,54)55)14(78-91(41,42)43)10(74-87(29,30)31)6(70-22)2-66-23-19(83-96(56,57)58)15(79-92(44,45)46)11(75-88(32,33)34)7(71-23)3-67-24-20(84-97(59,60)61)16(80-93(47,48)49)12(76-89(35,36)37)8(72-24)4-68-25-21(85-98(62,63)64)17(81-94(50,51)52)13(77-90(38,39)40)9(73-25)5-69-86(26,27)28;;;;;;;;;;;;;/h6-25H,2-5H2,1H3,(H,26,27,28)(H,29,30,31)(H,32,33,34)(H,35,36,37)(H,38,39,40)(H,41,42,43)(H,44,45,46)(H,47,48,49)(H,50,51,52)(H,53,54,55)(H,56,57,58)(H,59,60,61)(H,62,63,64);;;;;;;;;;;;;/q;13*+1/p-13/t6-,7-,8-,9-,10-,11-,12-,13-,14+,15+,16+,17+,18-,19-,20-,21-,22-,23-,24-,25-;;;;;;;;;;;;;/m1............./s1. The molecule has 0 bridgehead atoms. The van der Waals surface area contributed by atoms with E-state index in [0.717, 1.165) is 0 Å². The molecule has 111 heavy (non-hydrogen) atoms. The number of rotatable bonds is 37. The van der Waals surface area contributed by atoms with Gasteiger partial charge in [0.25, 0.3) is 0 Å². The first kappa shape index (κ1) is 142. The van der Waals surface area contributed by atoms with Crippen molar-refractivity contribution in [3.8, 4) is 0 Å². The van der Waals surface area contributed by atoms with Gasteiger partial charge in [0.05, 0.1) is 26.4 Å². The first-order valence-electron chi connectivity index (χ1n) is 22.9. The number of hydrogen-bond donors (Lipinski definition) is 0. The molecule has 582 valence electrons. The van der Waals surface area contributed by atoms with Gasteiger partial charge in [0.15, 0.2) is 49.6 Å². The number of hydrogen-bond acceptors (Lipinski definition) is 60. The minimum Gasteiger partial charge on any atom is -0.726 e. The van der Waals surface area contributed by atoms with Gasteiger partial charge in [0, 0.05) is 7.11 Å². The van der Waals surface area contributed by atoms with Gasteiger partial charge in [-0.2, -0.15) is 0 Å². The van der Waals surface area contributed by atoms with Crippen LogP contribution in [0, 0.1) is 0 Å². The van der Waals surface area contributed by atoms with Crippen molar-refractivity contribution in [3.63, 3.8) is 0 Å². The molecule has 0 unspecified atom stereocenters. The Labute approximate surface area is 918 Å².